The summed E-state index contributed by atoms with van der Waals surface area (Å²) in [6.07, 6.45) is -2.14. The minimum Gasteiger partial charge on any atom is -0.383 e. The van der Waals surface area contributed by atoms with Crippen LogP contribution in [0.1, 0.15) is 12.8 Å². The Bertz CT molecular complexity index is 296. The highest BCUT2D eigenvalue weighted by atomic mass is 16.3. The zero-order valence-electron chi connectivity index (χ0n) is 8.97. The Morgan fingerprint density at radius 2 is 1.53 bits per heavy atom. The van der Waals surface area contributed by atoms with Crippen LogP contribution in [-0.4, -0.2) is 28.9 Å². The van der Waals surface area contributed by atoms with Crippen molar-refractivity contribution < 1.29 is 19.5 Å². The molecule has 2 unspecified atom stereocenters. The van der Waals surface area contributed by atoms with Crippen molar-refractivity contribution in [1.29, 1.82) is 0 Å². The normalized spacial score (nSPS) is 13.4. The number of carbonyl (C=O) groups is 3. The Labute approximate surface area is 96.8 Å². The second kappa shape index (κ2) is 7.51. The molecule has 0 saturated carbocycles. The highest BCUT2D eigenvalue weighted by Gasteiger charge is 2.27. The molecule has 3 amide bonds. The lowest BCUT2D eigenvalue weighted by Gasteiger charge is -2.17. The number of aliphatic hydroxyl groups excluding tert-OH is 1. The Hall–Kier alpha value is -1.75. The maximum absolute atomic E-state index is 11.3. The third kappa shape index (κ3) is 5.21. The van der Waals surface area contributed by atoms with E-state index in [1.807, 2.05) is 10.9 Å². The van der Waals surface area contributed by atoms with Crippen molar-refractivity contribution in [3.05, 3.63) is 0 Å². The number of hydrogen-bond acceptors (Lipinski definition) is 7. The van der Waals surface area contributed by atoms with E-state index in [-0.39, 0.29) is 12.8 Å². The molecule has 0 rings (SSSR count). The number of hydrazine groups is 3. The van der Waals surface area contributed by atoms with Gasteiger partial charge in [-0.2, -0.15) is 0 Å². The van der Waals surface area contributed by atoms with Gasteiger partial charge in [0.15, 0.2) is 0 Å². The summed E-state index contributed by atoms with van der Waals surface area (Å²) in [4.78, 5) is 33.2. The molecule has 98 valence electrons. The first-order valence-electron chi connectivity index (χ1n) is 4.64. The van der Waals surface area contributed by atoms with Crippen molar-refractivity contribution >= 4 is 17.7 Å². The largest absolute Gasteiger partial charge is 0.383 e. The zero-order chi connectivity index (χ0) is 13.4. The van der Waals surface area contributed by atoms with E-state index < -0.39 is 29.7 Å². The SMILES string of the molecule is NNC(=O)CC(CC(O)C(=O)NN)C(=O)NN. The topological polar surface area (TPSA) is 186 Å². The first-order valence-corrected chi connectivity index (χ1v) is 4.64. The van der Waals surface area contributed by atoms with Crippen molar-refractivity contribution in [2.75, 3.05) is 0 Å². The predicted molar refractivity (Wildman–Crippen MR) is 55.7 cm³/mol. The van der Waals surface area contributed by atoms with Gasteiger partial charge in [-0.3, -0.25) is 30.7 Å². The standard InChI is InChI=1S/C7H16N6O4/c8-11-5(15)2-3(6(16)12-9)1-4(14)7(17)13-10/h3-4,14H,1-2,8-10H2,(H,11,15)(H,12,16)(H,13,17). The molecule has 0 aromatic heterocycles. The molecule has 10 nitrogen and oxygen atoms in total. The smallest absolute Gasteiger partial charge is 0.262 e. The van der Waals surface area contributed by atoms with Crippen LogP contribution in [0.3, 0.4) is 0 Å². The molecule has 0 bridgehead atoms. The van der Waals surface area contributed by atoms with Crippen molar-refractivity contribution in [3.8, 4) is 0 Å². The molecule has 2 atom stereocenters. The van der Waals surface area contributed by atoms with Crippen LogP contribution >= 0.6 is 0 Å². The van der Waals surface area contributed by atoms with Gasteiger partial charge in [0.2, 0.25) is 11.8 Å². The molecule has 0 aliphatic heterocycles. The molecule has 0 saturated heterocycles. The maximum atomic E-state index is 11.3. The molecule has 0 spiro atoms. The molecular formula is C7H16N6O4. The van der Waals surface area contributed by atoms with Gasteiger partial charge in [0.25, 0.3) is 5.91 Å². The molecule has 0 heterocycles. The van der Waals surface area contributed by atoms with Crippen LogP contribution in [0, 0.1) is 5.92 Å². The summed E-state index contributed by atoms with van der Waals surface area (Å²) in [5.41, 5.74) is 5.36. The van der Waals surface area contributed by atoms with Crippen LogP contribution in [-0.2, 0) is 14.4 Å². The number of carbonyl (C=O) groups excluding carboxylic acids is 3. The fourth-order valence-electron chi connectivity index (χ4n) is 1.16. The van der Waals surface area contributed by atoms with E-state index in [0.29, 0.717) is 0 Å². The molecule has 0 aromatic rings. The molecule has 17 heavy (non-hydrogen) atoms. The number of amides is 3. The van der Waals surface area contributed by atoms with E-state index >= 15 is 0 Å². The van der Waals surface area contributed by atoms with Gasteiger partial charge >= 0.3 is 0 Å². The first kappa shape index (κ1) is 15.2. The van der Waals surface area contributed by atoms with E-state index in [1.165, 1.54) is 0 Å². The Morgan fingerprint density at radius 3 is 1.94 bits per heavy atom. The summed E-state index contributed by atoms with van der Waals surface area (Å²) in [6, 6.07) is 0. The van der Waals surface area contributed by atoms with Crippen LogP contribution in [0.4, 0.5) is 0 Å². The minimum atomic E-state index is -1.52. The Morgan fingerprint density at radius 1 is 1.00 bits per heavy atom. The number of nitrogens with two attached hydrogens (primary N) is 3. The van der Waals surface area contributed by atoms with Crippen LogP contribution in [0.5, 0.6) is 0 Å². The molecule has 10 heteroatoms. The lowest BCUT2D eigenvalue weighted by Crippen LogP contribution is -2.44. The molecule has 10 N–H and O–H groups in total. The number of aliphatic hydroxyl groups is 1. The van der Waals surface area contributed by atoms with E-state index in [0.717, 1.165) is 0 Å². The fourth-order valence-corrected chi connectivity index (χ4v) is 1.16. The third-order valence-corrected chi connectivity index (χ3v) is 2.06. The summed E-state index contributed by atoms with van der Waals surface area (Å²) in [5, 5.41) is 9.34. The van der Waals surface area contributed by atoms with E-state index in [4.69, 9.17) is 17.5 Å². The van der Waals surface area contributed by atoms with Gasteiger partial charge in [0, 0.05) is 6.42 Å². The van der Waals surface area contributed by atoms with Crippen LogP contribution < -0.4 is 33.8 Å². The fraction of sp³-hybridized carbons (Fsp3) is 0.571. The molecule has 0 aromatic carbocycles. The number of nitrogens with one attached hydrogen (secondary N) is 3. The lowest BCUT2D eigenvalue weighted by atomic mass is 9.96. The second-order valence-electron chi connectivity index (χ2n) is 3.24. The second-order valence-corrected chi connectivity index (χ2v) is 3.24. The van der Waals surface area contributed by atoms with Crippen molar-refractivity contribution in [2.45, 2.75) is 18.9 Å². The average Bonchev–Trinajstić information content (AvgIpc) is 2.35. The summed E-state index contributed by atoms with van der Waals surface area (Å²) in [7, 11) is 0. The van der Waals surface area contributed by atoms with Crippen LogP contribution in [0.2, 0.25) is 0 Å². The van der Waals surface area contributed by atoms with Gasteiger partial charge in [-0.1, -0.05) is 0 Å². The van der Waals surface area contributed by atoms with E-state index in [9.17, 15) is 19.5 Å². The number of hydrogen-bond donors (Lipinski definition) is 7. The number of rotatable bonds is 6. The summed E-state index contributed by atoms with van der Waals surface area (Å²) >= 11 is 0. The molecule has 0 fully saturated rings. The predicted octanol–water partition coefficient (Wildman–Crippen LogP) is -4.29. The van der Waals surface area contributed by atoms with Gasteiger partial charge < -0.3 is 5.11 Å². The summed E-state index contributed by atoms with van der Waals surface area (Å²) < 4.78 is 0. The van der Waals surface area contributed by atoms with Gasteiger partial charge in [0.05, 0.1) is 5.92 Å². The van der Waals surface area contributed by atoms with Gasteiger partial charge in [-0.05, 0) is 6.42 Å². The van der Waals surface area contributed by atoms with Gasteiger partial charge in [0.1, 0.15) is 6.10 Å². The lowest BCUT2D eigenvalue weighted by molar-refractivity contribution is -0.135. The van der Waals surface area contributed by atoms with Crippen molar-refractivity contribution in [2.24, 2.45) is 23.4 Å². The highest BCUT2D eigenvalue weighted by Crippen LogP contribution is 2.11. The first-order chi connectivity index (χ1) is 7.96. The van der Waals surface area contributed by atoms with E-state index in [1.54, 1.807) is 5.43 Å². The average molecular weight is 248 g/mol. The van der Waals surface area contributed by atoms with Crippen molar-refractivity contribution in [1.82, 2.24) is 16.3 Å². The van der Waals surface area contributed by atoms with Crippen molar-refractivity contribution in [3.63, 3.8) is 0 Å². The van der Waals surface area contributed by atoms with Gasteiger partial charge in [-0.15, -0.1) is 0 Å². The molecule has 0 aliphatic rings. The quantitative estimate of drug-likeness (QED) is 0.141. The van der Waals surface area contributed by atoms with Crippen LogP contribution in [0.25, 0.3) is 0 Å². The molecule has 0 radical (unpaired) electrons. The Balaban J connectivity index is 4.54. The molecule has 0 aliphatic carbocycles. The zero-order valence-corrected chi connectivity index (χ0v) is 8.97. The van der Waals surface area contributed by atoms with Gasteiger partial charge in [-0.25, -0.2) is 17.5 Å². The summed E-state index contributed by atoms with van der Waals surface area (Å²) in [6.45, 7) is 0. The summed E-state index contributed by atoms with van der Waals surface area (Å²) in [5.74, 6) is 11.4. The van der Waals surface area contributed by atoms with E-state index in [2.05, 4.69) is 0 Å². The Kier molecular flexibility index (Phi) is 6.74. The highest BCUT2D eigenvalue weighted by molar-refractivity contribution is 5.86. The molecular weight excluding hydrogens is 232 g/mol. The minimum absolute atomic E-state index is 0.306. The maximum Gasteiger partial charge on any atom is 0.262 e. The van der Waals surface area contributed by atoms with Crippen LogP contribution in [0.15, 0.2) is 0 Å². The monoisotopic (exact) mass is 248 g/mol. The third-order valence-electron chi connectivity index (χ3n) is 2.06.